The minimum Gasteiger partial charge on any atom is -0.387 e. The molecule has 0 atom stereocenters. The molecule has 0 amide bonds. The van der Waals surface area contributed by atoms with Gasteiger partial charge in [-0.2, -0.15) is 0 Å². The lowest BCUT2D eigenvalue weighted by Crippen LogP contribution is -2.43. The minimum absolute atomic E-state index is 0.00402. The number of nitrogens with two attached hydrogens (primary N) is 1. The van der Waals surface area contributed by atoms with Crippen LogP contribution in [0.2, 0.25) is 0 Å². The Morgan fingerprint density at radius 3 is 2.61 bits per heavy atom. The quantitative estimate of drug-likeness (QED) is 0.403. The number of nitrogens with one attached hydrogen (secondary N) is 3. The highest BCUT2D eigenvalue weighted by molar-refractivity contribution is 7.18. The Morgan fingerprint density at radius 1 is 1.26 bits per heavy atom. The van der Waals surface area contributed by atoms with Crippen LogP contribution in [0.5, 0.6) is 0 Å². The molecule has 2 heterocycles. The lowest BCUT2D eigenvalue weighted by atomic mass is 10.1. The molecule has 3 rings (SSSR count). The first kappa shape index (κ1) is 22.7. The number of aromatic nitrogens is 1. The Kier molecular flexibility index (Phi) is 7.24. The van der Waals surface area contributed by atoms with E-state index in [4.69, 9.17) is 16.6 Å². The second-order valence-electron chi connectivity index (χ2n) is 7.36. The molecule has 1 aromatic carbocycles. The maximum absolute atomic E-state index is 14.5. The van der Waals surface area contributed by atoms with E-state index in [9.17, 15) is 8.78 Å². The van der Waals surface area contributed by atoms with Crippen LogP contribution in [0.15, 0.2) is 35.3 Å². The second kappa shape index (κ2) is 9.88. The van der Waals surface area contributed by atoms with Gasteiger partial charge in [-0.1, -0.05) is 25.2 Å². The zero-order valence-corrected chi connectivity index (χ0v) is 18.2. The van der Waals surface area contributed by atoms with Crippen LogP contribution in [0.25, 0.3) is 11.3 Å². The largest absolute Gasteiger partial charge is 0.387 e. The van der Waals surface area contributed by atoms with Gasteiger partial charge in [0.15, 0.2) is 5.13 Å². The number of aliphatic imine (C=N–C) groups is 1. The Morgan fingerprint density at radius 2 is 1.97 bits per heavy atom. The third-order valence-corrected chi connectivity index (χ3v) is 5.83. The van der Waals surface area contributed by atoms with Crippen LogP contribution < -0.4 is 16.0 Å². The van der Waals surface area contributed by atoms with E-state index in [0.29, 0.717) is 15.8 Å². The summed E-state index contributed by atoms with van der Waals surface area (Å²) in [6.45, 7) is 6.84. The number of hydrogen-bond donors (Lipinski definition) is 4. The van der Waals surface area contributed by atoms with E-state index in [1.54, 1.807) is 0 Å². The number of benzene rings is 1. The molecule has 1 aliphatic heterocycles. The Bertz CT molecular complexity index is 1040. The molecule has 0 radical (unpaired) electrons. The standard InChI is InChI=1S/C21H25F2N7S/c1-12(2)20(26)28-17(25)6-5-16(24)19-18(14-4-3-13(22)11-15(14)23)29-21(31-19)30-9-7-27-8-10-30/h3-6,11-12,24,27H,7-10H2,1-2H3,(H3,25,26,28)/b6-5-,24-16?. The lowest BCUT2D eigenvalue weighted by molar-refractivity contribution is 0.584. The van der Waals surface area contributed by atoms with Gasteiger partial charge in [-0.3, -0.25) is 10.8 Å². The summed E-state index contributed by atoms with van der Waals surface area (Å²) in [5.41, 5.74) is 6.25. The third-order valence-electron chi connectivity index (χ3n) is 4.68. The van der Waals surface area contributed by atoms with Crippen molar-refractivity contribution in [2.24, 2.45) is 16.6 Å². The van der Waals surface area contributed by atoms with Crippen LogP contribution in [-0.2, 0) is 0 Å². The summed E-state index contributed by atoms with van der Waals surface area (Å²) in [4.78, 5) is 11.1. The monoisotopic (exact) mass is 445 g/mol. The number of hydrogen-bond acceptors (Lipinski definition) is 6. The van der Waals surface area contributed by atoms with Crippen molar-refractivity contribution in [2.75, 3.05) is 31.1 Å². The number of thiazole rings is 1. The van der Waals surface area contributed by atoms with E-state index in [0.717, 1.165) is 32.2 Å². The van der Waals surface area contributed by atoms with Gasteiger partial charge in [-0.05, 0) is 24.3 Å². The fourth-order valence-corrected chi connectivity index (χ4v) is 3.95. The molecule has 0 unspecified atom stereocenters. The lowest BCUT2D eigenvalue weighted by Gasteiger charge is -2.26. The van der Waals surface area contributed by atoms with Crippen LogP contribution in [0.4, 0.5) is 13.9 Å². The van der Waals surface area contributed by atoms with Gasteiger partial charge in [0.25, 0.3) is 0 Å². The van der Waals surface area contributed by atoms with Gasteiger partial charge in [0.05, 0.1) is 16.3 Å². The van der Waals surface area contributed by atoms with Crippen LogP contribution in [0.3, 0.4) is 0 Å². The van der Waals surface area contributed by atoms with Gasteiger partial charge in [-0.15, -0.1) is 0 Å². The molecule has 1 fully saturated rings. The van der Waals surface area contributed by atoms with Crippen molar-refractivity contribution in [3.05, 3.63) is 46.9 Å². The Labute approximate surface area is 183 Å². The van der Waals surface area contributed by atoms with Crippen molar-refractivity contribution < 1.29 is 8.78 Å². The minimum atomic E-state index is -0.739. The number of piperazine rings is 1. The highest BCUT2D eigenvalue weighted by Gasteiger charge is 2.22. The molecule has 10 heteroatoms. The fourth-order valence-electron chi connectivity index (χ4n) is 2.89. The van der Waals surface area contributed by atoms with Crippen molar-refractivity contribution in [1.29, 1.82) is 10.8 Å². The van der Waals surface area contributed by atoms with Crippen LogP contribution in [0.1, 0.15) is 18.7 Å². The third kappa shape index (κ3) is 5.59. The second-order valence-corrected chi connectivity index (χ2v) is 8.34. The molecule has 7 nitrogen and oxygen atoms in total. The molecule has 2 aromatic rings. The van der Waals surface area contributed by atoms with E-state index >= 15 is 0 Å². The van der Waals surface area contributed by atoms with Crippen molar-refractivity contribution in [3.63, 3.8) is 0 Å². The number of nitrogens with zero attached hydrogens (tertiary/aromatic N) is 3. The van der Waals surface area contributed by atoms with Gasteiger partial charge >= 0.3 is 0 Å². The maximum Gasteiger partial charge on any atom is 0.186 e. The summed E-state index contributed by atoms with van der Waals surface area (Å²) in [7, 11) is 0. The van der Waals surface area contributed by atoms with E-state index < -0.39 is 11.6 Å². The van der Waals surface area contributed by atoms with Gasteiger partial charge in [-0.25, -0.2) is 18.8 Å². The zero-order valence-electron chi connectivity index (χ0n) is 17.4. The summed E-state index contributed by atoms with van der Waals surface area (Å²) < 4.78 is 27.9. The molecule has 5 N–H and O–H groups in total. The summed E-state index contributed by atoms with van der Waals surface area (Å²) in [5, 5.41) is 20.4. The zero-order chi connectivity index (χ0) is 22.5. The molecule has 1 saturated heterocycles. The molecular weight excluding hydrogens is 420 g/mol. The van der Waals surface area contributed by atoms with E-state index in [1.165, 1.54) is 35.6 Å². The predicted molar refractivity (Wildman–Crippen MR) is 123 cm³/mol. The summed E-state index contributed by atoms with van der Waals surface area (Å²) in [5.74, 6) is -1.17. The maximum atomic E-state index is 14.5. The van der Waals surface area contributed by atoms with E-state index in [2.05, 4.69) is 20.2 Å². The fraction of sp³-hybridized carbons (Fsp3) is 0.333. The van der Waals surface area contributed by atoms with Crippen LogP contribution >= 0.6 is 11.3 Å². The first-order valence-electron chi connectivity index (χ1n) is 9.87. The normalized spacial score (nSPS) is 15.1. The number of amidine groups is 2. The van der Waals surface area contributed by atoms with Crippen molar-refractivity contribution in [3.8, 4) is 11.3 Å². The molecule has 0 bridgehead atoms. The number of anilines is 1. The van der Waals surface area contributed by atoms with E-state index in [1.807, 2.05) is 13.8 Å². The Hall–Kier alpha value is -2.98. The summed E-state index contributed by atoms with van der Waals surface area (Å²) in [6.07, 6.45) is 2.78. The van der Waals surface area contributed by atoms with Crippen molar-refractivity contribution >= 4 is 33.9 Å². The van der Waals surface area contributed by atoms with Crippen LogP contribution in [0, 0.1) is 28.4 Å². The topological polar surface area (TPSA) is 114 Å². The number of rotatable bonds is 6. The van der Waals surface area contributed by atoms with Crippen molar-refractivity contribution in [1.82, 2.24) is 10.3 Å². The van der Waals surface area contributed by atoms with Crippen molar-refractivity contribution in [2.45, 2.75) is 13.8 Å². The molecule has 1 aromatic heterocycles. The molecule has 1 aliphatic rings. The van der Waals surface area contributed by atoms with Gasteiger partial charge in [0.1, 0.15) is 23.3 Å². The average Bonchev–Trinajstić information content (AvgIpc) is 3.17. The average molecular weight is 446 g/mol. The highest BCUT2D eigenvalue weighted by atomic mass is 32.1. The SMILES string of the molecule is CC(C)C(N)=NC(=N)/C=C\C(=N)c1sc(N2CCNCC2)nc1-c1ccc(F)cc1F. The number of halogens is 2. The van der Waals surface area contributed by atoms with E-state index in [-0.39, 0.29) is 28.7 Å². The molecule has 164 valence electrons. The van der Waals surface area contributed by atoms with Gasteiger partial charge in [0.2, 0.25) is 0 Å². The first-order valence-corrected chi connectivity index (χ1v) is 10.7. The molecular formula is C21H25F2N7S. The molecule has 31 heavy (non-hydrogen) atoms. The number of allylic oxidation sites excluding steroid dienone is 1. The van der Waals surface area contributed by atoms with Gasteiger partial charge < -0.3 is 16.0 Å². The van der Waals surface area contributed by atoms with Crippen LogP contribution in [-0.4, -0.2) is 48.5 Å². The summed E-state index contributed by atoms with van der Waals surface area (Å²) in [6, 6.07) is 3.31. The smallest absolute Gasteiger partial charge is 0.186 e. The summed E-state index contributed by atoms with van der Waals surface area (Å²) >= 11 is 1.27. The molecule has 0 saturated carbocycles. The van der Waals surface area contributed by atoms with Gasteiger partial charge in [0, 0.05) is 43.7 Å². The molecule has 0 spiro atoms. The first-order chi connectivity index (χ1) is 14.8. The highest BCUT2D eigenvalue weighted by Crippen LogP contribution is 2.35. The molecule has 0 aliphatic carbocycles. The predicted octanol–water partition coefficient (Wildman–Crippen LogP) is 3.41. The Balaban J connectivity index is 1.96.